The number of benzene rings is 1. The molecule has 2 aliphatic rings. The summed E-state index contributed by atoms with van der Waals surface area (Å²) in [5.74, 6) is 0.709. The molecular formula is C18H28N2. The number of nitrogens with zero attached hydrogens (tertiary/aromatic N) is 1. The SMILES string of the molecule is CN(CC1CCNc2ccccc21)C1CCCCCC1. The fraction of sp³-hybridized carbons (Fsp3) is 0.667. The molecule has 1 aromatic rings. The largest absolute Gasteiger partial charge is 0.385 e. The van der Waals surface area contributed by atoms with E-state index in [0.717, 1.165) is 12.6 Å². The molecule has 2 heteroatoms. The van der Waals surface area contributed by atoms with Crippen LogP contribution >= 0.6 is 0 Å². The smallest absolute Gasteiger partial charge is 0.0376 e. The number of hydrogen-bond donors (Lipinski definition) is 1. The Balaban J connectivity index is 1.65. The minimum absolute atomic E-state index is 0.709. The lowest BCUT2D eigenvalue weighted by molar-refractivity contribution is 0.205. The van der Waals surface area contributed by atoms with Crippen molar-refractivity contribution in [3.63, 3.8) is 0 Å². The molecule has 1 unspecified atom stereocenters. The Labute approximate surface area is 123 Å². The zero-order chi connectivity index (χ0) is 13.8. The number of rotatable bonds is 3. The average molecular weight is 272 g/mol. The summed E-state index contributed by atoms with van der Waals surface area (Å²) in [7, 11) is 2.35. The van der Waals surface area contributed by atoms with E-state index in [9.17, 15) is 0 Å². The van der Waals surface area contributed by atoms with Gasteiger partial charge < -0.3 is 10.2 Å². The highest BCUT2D eigenvalue weighted by Crippen LogP contribution is 2.33. The van der Waals surface area contributed by atoms with Crippen LogP contribution in [0.1, 0.15) is 56.4 Å². The van der Waals surface area contributed by atoms with Crippen molar-refractivity contribution in [2.45, 2.75) is 56.9 Å². The van der Waals surface area contributed by atoms with Crippen LogP contribution < -0.4 is 5.32 Å². The molecule has 0 saturated heterocycles. The third-order valence-electron chi connectivity index (χ3n) is 5.17. The van der Waals surface area contributed by atoms with Gasteiger partial charge in [-0.1, -0.05) is 43.9 Å². The van der Waals surface area contributed by atoms with Crippen molar-refractivity contribution in [3.05, 3.63) is 29.8 Å². The minimum Gasteiger partial charge on any atom is -0.385 e. The highest BCUT2D eigenvalue weighted by atomic mass is 15.1. The van der Waals surface area contributed by atoms with Crippen LogP contribution in [0.4, 0.5) is 5.69 Å². The van der Waals surface area contributed by atoms with Gasteiger partial charge in [0.1, 0.15) is 0 Å². The standard InChI is InChI=1S/C18H28N2/c1-20(16-8-4-2-3-5-9-16)14-15-12-13-19-18-11-7-6-10-17(15)18/h6-7,10-11,15-16,19H,2-5,8-9,12-14H2,1H3. The van der Waals surface area contributed by atoms with E-state index in [-0.39, 0.29) is 0 Å². The van der Waals surface area contributed by atoms with Gasteiger partial charge in [-0.25, -0.2) is 0 Å². The van der Waals surface area contributed by atoms with Crippen LogP contribution in [0.25, 0.3) is 0 Å². The number of nitrogens with one attached hydrogen (secondary N) is 1. The van der Waals surface area contributed by atoms with Crippen molar-refractivity contribution < 1.29 is 0 Å². The molecule has 1 aliphatic carbocycles. The molecule has 110 valence electrons. The fourth-order valence-corrected chi connectivity index (χ4v) is 3.94. The van der Waals surface area contributed by atoms with Crippen molar-refractivity contribution in [2.75, 3.05) is 25.5 Å². The molecular weight excluding hydrogens is 244 g/mol. The zero-order valence-electron chi connectivity index (χ0n) is 12.8. The van der Waals surface area contributed by atoms with Crippen LogP contribution in [0.2, 0.25) is 0 Å². The van der Waals surface area contributed by atoms with Gasteiger partial charge in [-0.05, 0) is 37.9 Å². The Morgan fingerprint density at radius 3 is 2.60 bits per heavy atom. The van der Waals surface area contributed by atoms with Gasteiger partial charge in [0, 0.05) is 30.7 Å². The Morgan fingerprint density at radius 2 is 1.80 bits per heavy atom. The molecule has 0 aromatic heterocycles. The molecule has 1 aromatic carbocycles. The third kappa shape index (κ3) is 3.17. The average Bonchev–Trinajstić information content (AvgIpc) is 2.77. The van der Waals surface area contributed by atoms with E-state index >= 15 is 0 Å². The summed E-state index contributed by atoms with van der Waals surface area (Å²) in [6.45, 7) is 2.35. The minimum atomic E-state index is 0.709. The predicted molar refractivity (Wildman–Crippen MR) is 86.4 cm³/mol. The van der Waals surface area contributed by atoms with Gasteiger partial charge in [0.05, 0.1) is 0 Å². The predicted octanol–water partition coefficient (Wildman–Crippen LogP) is 4.24. The van der Waals surface area contributed by atoms with E-state index in [1.165, 1.54) is 62.7 Å². The van der Waals surface area contributed by atoms with Crippen LogP contribution in [0.15, 0.2) is 24.3 Å². The molecule has 0 amide bonds. The Bertz CT molecular complexity index is 421. The highest BCUT2D eigenvalue weighted by Gasteiger charge is 2.24. The van der Waals surface area contributed by atoms with Crippen LogP contribution in [0.5, 0.6) is 0 Å². The number of para-hydroxylation sites is 1. The summed E-state index contributed by atoms with van der Waals surface area (Å²) in [6, 6.07) is 9.69. The van der Waals surface area contributed by atoms with E-state index in [2.05, 4.69) is 41.5 Å². The second-order valence-electron chi connectivity index (χ2n) is 6.58. The van der Waals surface area contributed by atoms with Crippen LogP contribution in [-0.4, -0.2) is 31.1 Å². The monoisotopic (exact) mass is 272 g/mol. The molecule has 1 fully saturated rings. The first-order valence-electron chi connectivity index (χ1n) is 8.37. The van der Waals surface area contributed by atoms with Crippen molar-refractivity contribution in [1.29, 1.82) is 0 Å². The molecule has 1 N–H and O–H groups in total. The van der Waals surface area contributed by atoms with Gasteiger partial charge in [-0.2, -0.15) is 0 Å². The maximum absolute atomic E-state index is 3.54. The second-order valence-corrected chi connectivity index (χ2v) is 6.58. The molecule has 20 heavy (non-hydrogen) atoms. The lowest BCUT2D eigenvalue weighted by Crippen LogP contribution is -2.36. The fourth-order valence-electron chi connectivity index (χ4n) is 3.94. The molecule has 2 nitrogen and oxygen atoms in total. The zero-order valence-corrected chi connectivity index (χ0v) is 12.8. The molecule has 0 radical (unpaired) electrons. The third-order valence-corrected chi connectivity index (χ3v) is 5.17. The van der Waals surface area contributed by atoms with E-state index < -0.39 is 0 Å². The lowest BCUT2D eigenvalue weighted by atomic mass is 9.90. The number of likely N-dealkylation sites (N-methyl/N-ethyl adjacent to an activating group) is 1. The Morgan fingerprint density at radius 1 is 1.05 bits per heavy atom. The van der Waals surface area contributed by atoms with Gasteiger partial charge in [0.25, 0.3) is 0 Å². The second kappa shape index (κ2) is 6.62. The van der Waals surface area contributed by atoms with E-state index in [1.807, 2.05) is 0 Å². The summed E-state index contributed by atoms with van der Waals surface area (Å²) in [4.78, 5) is 2.65. The van der Waals surface area contributed by atoms with Crippen LogP contribution in [0.3, 0.4) is 0 Å². The van der Waals surface area contributed by atoms with E-state index in [1.54, 1.807) is 0 Å². The van der Waals surface area contributed by atoms with Crippen molar-refractivity contribution >= 4 is 5.69 Å². The quantitative estimate of drug-likeness (QED) is 0.828. The number of hydrogen-bond acceptors (Lipinski definition) is 2. The summed E-state index contributed by atoms with van der Waals surface area (Å²) in [6.07, 6.45) is 9.83. The topological polar surface area (TPSA) is 15.3 Å². The molecule has 0 spiro atoms. The Hall–Kier alpha value is -1.02. The van der Waals surface area contributed by atoms with Crippen LogP contribution in [0, 0.1) is 0 Å². The molecule has 1 aliphatic heterocycles. The van der Waals surface area contributed by atoms with E-state index in [0.29, 0.717) is 5.92 Å². The summed E-state index contributed by atoms with van der Waals surface area (Å²) in [5.41, 5.74) is 2.89. The first-order chi connectivity index (χ1) is 9.84. The molecule has 1 heterocycles. The summed E-state index contributed by atoms with van der Waals surface area (Å²) < 4.78 is 0. The molecule has 1 atom stereocenters. The normalized spacial score (nSPS) is 24.0. The summed E-state index contributed by atoms with van der Waals surface area (Å²) >= 11 is 0. The van der Waals surface area contributed by atoms with Crippen molar-refractivity contribution in [2.24, 2.45) is 0 Å². The molecule has 3 rings (SSSR count). The van der Waals surface area contributed by atoms with E-state index in [4.69, 9.17) is 0 Å². The van der Waals surface area contributed by atoms with Gasteiger partial charge in [0.15, 0.2) is 0 Å². The summed E-state index contributed by atoms with van der Waals surface area (Å²) in [5, 5.41) is 3.54. The number of anilines is 1. The number of fused-ring (bicyclic) bond motifs is 1. The maximum atomic E-state index is 3.54. The molecule has 1 saturated carbocycles. The Kier molecular flexibility index (Phi) is 4.62. The first kappa shape index (κ1) is 13.9. The lowest BCUT2D eigenvalue weighted by Gasteiger charge is -2.34. The highest BCUT2D eigenvalue weighted by molar-refractivity contribution is 5.54. The van der Waals surface area contributed by atoms with Crippen molar-refractivity contribution in [1.82, 2.24) is 4.90 Å². The van der Waals surface area contributed by atoms with Gasteiger partial charge >= 0.3 is 0 Å². The first-order valence-corrected chi connectivity index (χ1v) is 8.37. The molecule has 0 bridgehead atoms. The van der Waals surface area contributed by atoms with Gasteiger partial charge in [0.2, 0.25) is 0 Å². The van der Waals surface area contributed by atoms with Crippen LogP contribution in [-0.2, 0) is 0 Å². The van der Waals surface area contributed by atoms with Gasteiger partial charge in [-0.3, -0.25) is 0 Å². The van der Waals surface area contributed by atoms with Crippen molar-refractivity contribution in [3.8, 4) is 0 Å². The maximum Gasteiger partial charge on any atom is 0.0376 e. The van der Waals surface area contributed by atoms with Gasteiger partial charge in [-0.15, -0.1) is 0 Å².